The van der Waals surface area contributed by atoms with Crippen molar-refractivity contribution in [3.05, 3.63) is 40.9 Å². The van der Waals surface area contributed by atoms with E-state index in [1.54, 1.807) is 0 Å². The van der Waals surface area contributed by atoms with Crippen molar-refractivity contribution in [2.24, 2.45) is 0 Å². The molecule has 0 saturated carbocycles. The van der Waals surface area contributed by atoms with E-state index in [1.807, 2.05) is 24.3 Å². The van der Waals surface area contributed by atoms with Crippen LogP contribution in [0.3, 0.4) is 0 Å². The molecule has 0 atom stereocenters. The quantitative estimate of drug-likeness (QED) is 0.872. The minimum Gasteiger partial charge on any atom is -0.476 e. The molecule has 0 fully saturated rings. The summed E-state index contributed by atoms with van der Waals surface area (Å²) in [5.74, 6) is -1.00. The maximum absolute atomic E-state index is 10.7. The first kappa shape index (κ1) is 11.6. The first-order valence-corrected chi connectivity index (χ1v) is 6.12. The number of anilines is 2. The Kier molecular flexibility index (Phi) is 3.39. The number of benzene rings is 1. The van der Waals surface area contributed by atoms with Crippen molar-refractivity contribution < 1.29 is 9.90 Å². The SMILES string of the molecule is CCc1ccc(Nc2nc(C(=O)O)cs2)cc1. The third-order valence-electron chi connectivity index (χ3n) is 2.34. The number of hydrogen-bond acceptors (Lipinski definition) is 4. The molecule has 2 aromatic rings. The third-order valence-corrected chi connectivity index (χ3v) is 3.09. The highest BCUT2D eigenvalue weighted by molar-refractivity contribution is 7.14. The fraction of sp³-hybridized carbons (Fsp3) is 0.167. The van der Waals surface area contributed by atoms with Crippen LogP contribution >= 0.6 is 11.3 Å². The molecule has 0 amide bonds. The molecule has 0 bridgehead atoms. The van der Waals surface area contributed by atoms with Crippen LogP contribution in [0.2, 0.25) is 0 Å². The number of aromatic carboxylic acids is 1. The minimum absolute atomic E-state index is 0.0719. The van der Waals surface area contributed by atoms with Gasteiger partial charge in [0, 0.05) is 11.1 Å². The van der Waals surface area contributed by atoms with Gasteiger partial charge in [0.15, 0.2) is 10.8 Å². The second-order valence-electron chi connectivity index (χ2n) is 3.52. The van der Waals surface area contributed by atoms with Crippen LogP contribution < -0.4 is 5.32 Å². The maximum Gasteiger partial charge on any atom is 0.355 e. The van der Waals surface area contributed by atoms with E-state index in [-0.39, 0.29) is 5.69 Å². The van der Waals surface area contributed by atoms with Crippen LogP contribution in [-0.2, 0) is 6.42 Å². The number of thiazole rings is 1. The average molecular weight is 248 g/mol. The van der Waals surface area contributed by atoms with Gasteiger partial charge in [0.2, 0.25) is 0 Å². The number of carbonyl (C=O) groups is 1. The lowest BCUT2D eigenvalue weighted by molar-refractivity contribution is 0.0691. The fourth-order valence-corrected chi connectivity index (χ4v) is 2.08. The van der Waals surface area contributed by atoms with Crippen molar-refractivity contribution in [2.75, 3.05) is 5.32 Å². The molecule has 0 unspecified atom stereocenters. The van der Waals surface area contributed by atoms with Crippen molar-refractivity contribution in [3.8, 4) is 0 Å². The van der Waals surface area contributed by atoms with Gasteiger partial charge in [0.05, 0.1) is 0 Å². The monoisotopic (exact) mass is 248 g/mol. The summed E-state index contributed by atoms with van der Waals surface area (Å²) in [5, 5.41) is 13.9. The summed E-state index contributed by atoms with van der Waals surface area (Å²) in [6, 6.07) is 7.99. The Morgan fingerprint density at radius 2 is 2.12 bits per heavy atom. The lowest BCUT2D eigenvalue weighted by atomic mass is 10.1. The number of hydrogen-bond donors (Lipinski definition) is 2. The van der Waals surface area contributed by atoms with Crippen molar-refractivity contribution in [1.82, 2.24) is 4.98 Å². The average Bonchev–Trinajstić information content (AvgIpc) is 2.79. The molecule has 2 N–H and O–H groups in total. The molecule has 88 valence electrons. The molecule has 2 rings (SSSR count). The maximum atomic E-state index is 10.7. The fourth-order valence-electron chi connectivity index (χ4n) is 1.38. The van der Waals surface area contributed by atoms with Crippen LogP contribution in [0.4, 0.5) is 10.8 Å². The lowest BCUT2D eigenvalue weighted by Gasteiger charge is -2.03. The van der Waals surface area contributed by atoms with Crippen molar-refractivity contribution in [1.29, 1.82) is 0 Å². The van der Waals surface area contributed by atoms with Crippen molar-refractivity contribution >= 4 is 28.1 Å². The van der Waals surface area contributed by atoms with Gasteiger partial charge >= 0.3 is 5.97 Å². The normalized spacial score (nSPS) is 10.2. The summed E-state index contributed by atoms with van der Waals surface area (Å²) in [5.41, 5.74) is 2.25. The Hall–Kier alpha value is -1.88. The summed E-state index contributed by atoms with van der Waals surface area (Å²) in [6.45, 7) is 2.10. The van der Waals surface area contributed by atoms with E-state index < -0.39 is 5.97 Å². The molecule has 0 aliphatic carbocycles. The summed E-state index contributed by atoms with van der Waals surface area (Å²) < 4.78 is 0. The number of nitrogens with zero attached hydrogens (tertiary/aromatic N) is 1. The van der Waals surface area contributed by atoms with Gasteiger partial charge in [-0.3, -0.25) is 0 Å². The summed E-state index contributed by atoms with van der Waals surface area (Å²) >= 11 is 1.28. The molecule has 4 nitrogen and oxygen atoms in total. The number of nitrogens with one attached hydrogen (secondary N) is 1. The molecular formula is C12H12N2O2S. The first-order valence-electron chi connectivity index (χ1n) is 5.24. The highest BCUT2D eigenvalue weighted by Crippen LogP contribution is 2.21. The predicted molar refractivity (Wildman–Crippen MR) is 68.2 cm³/mol. The molecular weight excluding hydrogens is 236 g/mol. The van der Waals surface area contributed by atoms with Gasteiger partial charge < -0.3 is 10.4 Å². The summed E-state index contributed by atoms with van der Waals surface area (Å²) in [4.78, 5) is 14.6. The molecule has 17 heavy (non-hydrogen) atoms. The molecule has 0 spiro atoms. The van der Waals surface area contributed by atoms with E-state index in [1.165, 1.54) is 22.3 Å². The Balaban J connectivity index is 2.11. The topological polar surface area (TPSA) is 62.2 Å². The Morgan fingerprint density at radius 3 is 2.65 bits per heavy atom. The van der Waals surface area contributed by atoms with E-state index >= 15 is 0 Å². The zero-order chi connectivity index (χ0) is 12.3. The largest absolute Gasteiger partial charge is 0.476 e. The van der Waals surface area contributed by atoms with Crippen LogP contribution in [0, 0.1) is 0 Å². The third kappa shape index (κ3) is 2.82. The van der Waals surface area contributed by atoms with Gasteiger partial charge in [0.25, 0.3) is 0 Å². The molecule has 0 aliphatic rings. The highest BCUT2D eigenvalue weighted by atomic mass is 32.1. The van der Waals surface area contributed by atoms with Crippen LogP contribution in [-0.4, -0.2) is 16.1 Å². The number of aromatic nitrogens is 1. The van der Waals surface area contributed by atoms with E-state index in [9.17, 15) is 4.79 Å². The molecule has 0 radical (unpaired) electrons. The molecule has 1 aromatic heterocycles. The second kappa shape index (κ2) is 4.97. The number of carboxylic acid groups (broad SMARTS) is 1. The first-order chi connectivity index (χ1) is 8.19. The Morgan fingerprint density at radius 1 is 1.41 bits per heavy atom. The van der Waals surface area contributed by atoms with Gasteiger partial charge in [-0.05, 0) is 24.1 Å². The number of aryl methyl sites for hydroxylation is 1. The highest BCUT2D eigenvalue weighted by Gasteiger charge is 2.08. The Bertz CT molecular complexity index is 520. The van der Waals surface area contributed by atoms with Gasteiger partial charge in [-0.15, -0.1) is 11.3 Å². The van der Waals surface area contributed by atoms with Gasteiger partial charge in [-0.2, -0.15) is 0 Å². The zero-order valence-corrected chi connectivity index (χ0v) is 10.1. The smallest absolute Gasteiger partial charge is 0.355 e. The zero-order valence-electron chi connectivity index (χ0n) is 9.30. The molecule has 0 saturated heterocycles. The van der Waals surface area contributed by atoms with Gasteiger partial charge in [-0.1, -0.05) is 19.1 Å². The number of carboxylic acids is 1. The van der Waals surface area contributed by atoms with Crippen LogP contribution in [0.25, 0.3) is 0 Å². The molecule has 1 aromatic carbocycles. The van der Waals surface area contributed by atoms with E-state index in [4.69, 9.17) is 5.11 Å². The van der Waals surface area contributed by atoms with Crippen LogP contribution in [0.1, 0.15) is 23.0 Å². The van der Waals surface area contributed by atoms with Gasteiger partial charge in [-0.25, -0.2) is 9.78 Å². The van der Waals surface area contributed by atoms with Crippen molar-refractivity contribution in [3.63, 3.8) is 0 Å². The summed E-state index contributed by atoms with van der Waals surface area (Å²) in [6.07, 6.45) is 1.00. The Labute approximate surface area is 103 Å². The van der Waals surface area contributed by atoms with E-state index in [0.717, 1.165) is 12.1 Å². The van der Waals surface area contributed by atoms with Crippen LogP contribution in [0.5, 0.6) is 0 Å². The molecule has 0 aliphatic heterocycles. The minimum atomic E-state index is -1.00. The van der Waals surface area contributed by atoms with Crippen molar-refractivity contribution in [2.45, 2.75) is 13.3 Å². The van der Waals surface area contributed by atoms with E-state index in [0.29, 0.717) is 5.13 Å². The molecule has 5 heteroatoms. The summed E-state index contributed by atoms with van der Waals surface area (Å²) in [7, 11) is 0. The second-order valence-corrected chi connectivity index (χ2v) is 4.38. The standard InChI is InChI=1S/C12H12N2O2S/c1-2-8-3-5-9(6-4-8)13-12-14-10(7-17-12)11(15)16/h3-7H,2H2,1H3,(H,13,14)(H,15,16). The van der Waals surface area contributed by atoms with Crippen LogP contribution in [0.15, 0.2) is 29.6 Å². The molecule has 1 heterocycles. The predicted octanol–water partition coefficient (Wildman–Crippen LogP) is 3.15. The van der Waals surface area contributed by atoms with E-state index in [2.05, 4.69) is 17.2 Å². The lowest BCUT2D eigenvalue weighted by Crippen LogP contribution is -1.97. The number of rotatable bonds is 4. The van der Waals surface area contributed by atoms with Gasteiger partial charge in [0.1, 0.15) is 0 Å².